The summed E-state index contributed by atoms with van der Waals surface area (Å²) in [4.78, 5) is 4.30. The number of guanidine groups is 1. The lowest BCUT2D eigenvalue weighted by Gasteiger charge is -2.22. The smallest absolute Gasteiger partial charge is 0.191 e. The molecule has 148 valence electrons. The second kappa shape index (κ2) is 13.2. The monoisotopic (exact) mass is 483 g/mol. The molecule has 2 rings (SSSR count). The minimum Gasteiger partial charge on any atom is -0.381 e. The van der Waals surface area contributed by atoms with Gasteiger partial charge in [-0.3, -0.25) is 0 Å². The Morgan fingerprint density at radius 1 is 1.27 bits per heavy atom. The van der Waals surface area contributed by atoms with Gasteiger partial charge < -0.3 is 20.1 Å². The SMILES string of the molecule is CCNC(=NCc1cc(F)ccc1F)NCCCOC1CCOCC1.I. The Bertz CT molecular complexity index is 555. The molecule has 26 heavy (non-hydrogen) atoms. The molecule has 0 aromatic heterocycles. The number of nitrogens with zero attached hydrogens (tertiary/aromatic N) is 1. The number of halogens is 3. The molecular weight excluding hydrogens is 455 g/mol. The Morgan fingerprint density at radius 2 is 2.04 bits per heavy atom. The van der Waals surface area contributed by atoms with Gasteiger partial charge in [-0.05, 0) is 44.4 Å². The number of aliphatic imine (C=N–C) groups is 1. The van der Waals surface area contributed by atoms with Crippen LogP contribution >= 0.6 is 24.0 Å². The molecule has 1 fully saturated rings. The van der Waals surface area contributed by atoms with Gasteiger partial charge in [0.1, 0.15) is 11.6 Å². The van der Waals surface area contributed by atoms with Crippen LogP contribution < -0.4 is 10.6 Å². The maximum absolute atomic E-state index is 13.6. The Kier molecular flexibility index (Phi) is 11.7. The van der Waals surface area contributed by atoms with Crippen LogP contribution in [0.3, 0.4) is 0 Å². The molecule has 0 saturated carbocycles. The Morgan fingerprint density at radius 3 is 2.77 bits per heavy atom. The molecule has 0 aliphatic carbocycles. The van der Waals surface area contributed by atoms with Gasteiger partial charge >= 0.3 is 0 Å². The molecule has 1 aliphatic rings. The third-order valence-electron chi connectivity index (χ3n) is 3.89. The lowest BCUT2D eigenvalue weighted by molar-refractivity contribution is -0.0320. The van der Waals surface area contributed by atoms with E-state index in [0.29, 0.717) is 31.8 Å². The zero-order valence-corrected chi connectivity index (χ0v) is 17.4. The molecule has 1 saturated heterocycles. The summed E-state index contributed by atoms with van der Waals surface area (Å²) in [5, 5.41) is 6.27. The van der Waals surface area contributed by atoms with Crippen molar-refractivity contribution in [1.29, 1.82) is 0 Å². The van der Waals surface area contributed by atoms with Gasteiger partial charge in [-0.1, -0.05) is 0 Å². The molecule has 8 heteroatoms. The van der Waals surface area contributed by atoms with Crippen molar-refractivity contribution in [3.8, 4) is 0 Å². The highest BCUT2D eigenvalue weighted by Crippen LogP contribution is 2.11. The van der Waals surface area contributed by atoms with Crippen LogP contribution in [0.15, 0.2) is 23.2 Å². The standard InChI is InChI=1S/C18H27F2N3O2.HI/c1-2-21-18(23-13-14-12-15(19)4-5-17(14)20)22-8-3-9-25-16-6-10-24-11-7-16;/h4-5,12,16H,2-3,6-11,13H2,1H3,(H2,21,22,23);1H. The first-order valence-corrected chi connectivity index (χ1v) is 8.84. The molecule has 0 spiro atoms. The molecule has 1 heterocycles. The number of ether oxygens (including phenoxy) is 2. The Hall–Kier alpha value is -1.00. The number of rotatable bonds is 8. The largest absolute Gasteiger partial charge is 0.381 e. The van der Waals surface area contributed by atoms with Crippen molar-refractivity contribution in [3.05, 3.63) is 35.4 Å². The Labute approximate surface area is 171 Å². The molecule has 0 amide bonds. The van der Waals surface area contributed by atoms with E-state index in [1.807, 2.05) is 6.92 Å². The summed E-state index contributed by atoms with van der Waals surface area (Å²) in [5.74, 6) is -0.335. The van der Waals surface area contributed by atoms with Crippen molar-refractivity contribution in [2.75, 3.05) is 32.9 Å². The first-order valence-electron chi connectivity index (χ1n) is 8.84. The summed E-state index contributed by atoms with van der Waals surface area (Å²) in [6, 6.07) is 3.39. The minimum absolute atomic E-state index is 0. The number of benzene rings is 1. The summed E-state index contributed by atoms with van der Waals surface area (Å²) < 4.78 is 37.9. The molecular formula is C18H28F2IN3O2. The van der Waals surface area contributed by atoms with Gasteiger partial charge in [0.15, 0.2) is 5.96 Å². The van der Waals surface area contributed by atoms with Crippen LogP contribution in [0, 0.1) is 11.6 Å². The summed E-state index contributed by atoms with van der Waals surface area (Å²) in [6.07, 6.45) is 3.05. The van der Waals surface area contributed by atoms with E-state index in [9.17, 15) is 8.78 Å². The van der Waals surface area contributed by atoms with Gasteiger partial charge in [0.05, 0.1) is 12.6 Å². The van der Waals surface area contributed by atoms with E-state index in [1.165, 1.54) is 6.07 Å². The fourth-order valence-electron chi connectivity index (χ4n) is 2.54. The molecule has 1 aliphatic heterocycles. The second-order valence-corrected chi connectivity index (χ2v) is 5.89. The predicted molar refractivity (Wildman–Crippen MR) is 109 cm³/mol. The van der Waals surface area contributed by atoms with E-state index >= 15 is 0 Å². The molecule has 0 atom stereocenters. The molecule has 0 bridgehead atoms. The van der Waals surface area contributed by atoms with Crippen LogP contribution in [0.4, 0.5) is 8.78 Å². The summed E-state index contributed by atoms with van der Waals surface area (Å²) in [7, 11) is 0. The lowest BCUT2D eigenvalue weighted by Crippen LogP contribution is -2.38. The van der Waals surface area contributed by atoms with Gasteiger partial charge in [0, 0.05) is 38.5 Å². The highest BCUT2D eigenvalue weighted by atomic mass is 127. The van der Waals surface area contributed by atoms with E-state index < -0.39 is 11.6 Å². The van der Waals surface area contributed by atoms with Crippen molar-refractivity contribution < 1.29 is 18.3 Å². The van der Waals surface area contributed by atoms with Crippen molar-refractivity contribution in [2.24, 2.45) is 4.99 Å². The van der Waals surface area contributed by atoms with E-state index in [0.717, 1.165) is 44.6 Å². The van der Waals surface area contributed by atoms with Gasteiger partial charge in [-0.2, -0.15) is 0 Å². The lowest BCUT2D eigenvalue weighted by atomic mass is 10.1. The minimum atomic E-state index is -0.463. The van der Waals surface area contributed by atoms with Crippen molar-refractivity contribution in [2.45, 2.75) is 38.8 Å². The van der Waals surface area contributed by atoms with Crippen molar-refractivity contribution in [3.63, 3.8) is 0 Å². The summed E-state index contributed by atoms with van der Waals surface area (Å²) in [6.45, 7) is 5.64. The fraction of sp³-hybridized carbons (Fsp3) is 0.611. The van der Waals surface area contributed by atoms with E-state index in [-0.39, 0.29) is 36.1 Å². The summed E-state index contributed by atoms with van der Waals surface area (Å²) in [5.41, 5.74) is 0.236. The predicted octanol–water partition coefficient (Wildman–Crippen LogP) is 3.22. The quantitative estimate of drug-likeness (QED) is 0.258. The molecule has 0 radical (unpaired) electrons. The van der Waals surface area contributed by atoms with Crippen LogP contribution in [0.25, 0.3) is 0 Å². The normalized spacial score (nSPS) is 15.4. The average molecular weight is 483 g/mol. The Balaban J connectivity index is 0.00000338. The number of hydrogen-bond donors (Lipinski definition) is 2. The third kappa shape index (κ3) is 8.59. The fourth-order valence-corrected chi connectivity index (χ4v) is 2.54. The zero-order valence-electron chi connectivity index (χ0n) is 15.1. The topological polar surface area (TPSA) is 54.9 Å². The second-order valence-electron chi connectivity index (χ2n) is 5.89. The van der Waals surface area contributed by atoms with Gasteiger partial charge in [0.2, 0.25) is 0 Å². The highest BCUT2D eigenvalue weighted by Gasteiger charge is 2.13. The maximum atomic E-state index is 13.6. The number of hydrogen-bond acceptors (Lipinski definition) is 3. The van der Waals surface area contributed by atoms with E-state index in [2.05, 4.69) is 15.6 Å². The molecule has 1 aromatic rings. The van der Waals surface area contributed by atoms with Gasteiger partial charge in [-0.15, -0.1) is 24.0 Å². The van der Waals surface area contributed by atoms with Gasteiger partial charge in [0.25, 0.3) is 0 Å². The first-order chi connectivity index (χ1) is 12.2. The maximum Gasteiger partial charge on any atom is 0.191 e. The molecule has 0 unspecified atom stereocenters. The third-order valence-corrected chi connectivity index (χ3v) is 3.89. The number of nitrogens with one attached hydrogen (secondary N) is 2. The van der Waals surface area contributed by atoms with Crippen LogP contribution in [0.2, 0.25) is 0 Å². The zero-order chi connectivity index (χ0) is 17.9. The first kappa shape index (κ1) is 23.0. The van der Waals surface area contributed by atoms with E-state index in [1.54, 1.807) is 0 Å². The van der Waals surface area contributed by atoms with Crippen LogP contribution in [0.5, 0.6) is 0 Å². The molecule has 2 N–H and O–H groups in total. The average Bonchev–Trinajstić information content (AvgIpc) is 2.62. The van der Waals surface area contributed by atoms with E-state index in [4.69, 9.17) is 9.47 Å². The highest BCUT2D eigenvalue weighted by molar-refractivity contribution is 14.0. The van der Waals surface area contributed by atoms with Crippen LogP contribution in [-0.4, -0.2) is 45.0 Å². The van der Waals surface area contributed by atoms with Crippen LogP contribution in [0.1, 0.15) is 31.7 Å². The molecule has 1 aromatic carbocycles. The summed E-state index contributed by atoms with van der Waals surface area (Å²) >= 11 is 0. The van der Waals surface area contributed by atoms with Crippen molar-refractivity contribution >= 4 is 29.9 Å². The van der Waals surface area contributed by atoms with Crippen molar-refractivity contribution in [1.82, 2.24) is 10.6 Å². The molecule has 5 nitrogen and oxygen atoms in total. The van der Waals surface area contributed by atoms with Gasteiger partial charge in [-0.25, -0.2) is 13.8 Å². The van der Waals surface area contributed by atoms with Crippen LogP contribution in [-0.2, 0) is 16.0 Å².